The van der Waals surface area contributed by atoms with E-state index in [2.05, 4.69) is 20.8 Å². The fourth-order valence-corrected chi connectivity index (χ4v) is 2.92. The number of hydrazine groups is 1. The number of nitrogens with one attached hydrogen (secondary N) is 3. The Morgan fingerprint density at radius 3 is 2.67 bits per heavy atom. The molecule has 6 nitrogen and oxygen atoms in total. The van der Waals surface area contributed by atoms with Gasteiger partial charge in [0.1, 0.15) is 10.7 Å². The van der Waals surface area contributed by atoms with Gasteiger partial charge in [-0.3, -0.25) is 20.4 Å². The van der Waals surface area contributed by atoms with Gasteiger partial charge >= 0.3 is 0 Å². The number of hydrogen-bond acceptors (Lipinski definition) is 4. The highest BCUT2D eigenvalue weighted by Gasteiger charge is 2.11. The average Bonchev–Trinajstić information content (AvgIpc) is 3.25. The summed E-state index contributed by atoms with van der Waals surface area (Å²) in [6, 6.07) is 11.4. The fourth-order valence-electron chi connectivity index (χ4n) is 2.09. The van der Waals surface area contributed by atoms with Crippen LogP contribution in [-0.2, 0) is 11.2 Å². The van der Waals surface area contributed by atoms with Crippen LogP contribution < -0.4 is 10.9 Å². The van der Waals surface area contributed by atoms with E-state index in [0.29, 0.717) is 11.4 Å². The minimum atomic E-state index is -0.396. The highest BCUT2D eigenvalue weighted by Crippen LogP contribution is 2.24. The summed E-state index contributed by atoms with van der Waals surface area (Å²) < 4.78 is 0. The molecule has 3 aromatic rings. The molecule has 0 aliphatic carbocycles. The first kappa shape index (κ1) is 15.9. The average molecular weight is 340 g/mol. The van der Waals surface area contributed by atoms with Gasteiger partial charge in [0.05, 0.1) is 12.1 Å². The second-order valence-corrected chi connectivity index (χ2v) is 6.13. The number of aromatic nitrogens is 2. The Hall–Kier alpha value is -2.93. The van der Waals surface area contributed by atoms with Crippen molar-refractivity contribution in [1.29, 1.82) is 0 Å². The zero-order valence-corrected chi connectivity index (χ0v) is 13.8. The number of H-pyrrole nitrogens is 1. The molecule has 0 radical (unpaired) electrons. The molecule has 7 heteroatoms. The monoisotopic (exact) mass is 340 g/mol. The quantitative estimate of drug-likeness (QED) is 0.638. The number of amides is 2. The maximum absolute atomic E-state index is 11.9. The Kier molecular flexibility index (Phi) is 4.72. The summed E-state index contributed by atoms with van der Waals surface area (Å²) in [5.41, 5.74) is 8.00. The summed E-state index contributed by atoms with van der Waals surface area (Å²) in [4.78, 5) is 30.8. The number of aryl methyl sites for hydroxylation is 1. The van der Waals surface area contributed by atoms with Gasteiger partial charge in [0, 0.05) is 17.1 Å². The van der Waals surface area contributed by atoms with Crippen molar-refractivity contribution < 1.29 is 9.59 Å². The second kappa shape index (κ2) is 7.10. The largest absolute Gasteiger partial charge is 0.357 e. The molecule has 0 saturated carbocycles. The third-order valence-electron chi connectivity index (χ3n) is 3.35. The van der Waals surface area contributed by atoms with Crippen LogP contribution in [0.15, 0.2) is 48.0 Å². The van der Waals surface area contributed by atoms with Crippen molar-refractivity contribution in [2.45, 2.75) is 13.3 Å². The van der Waals surface area contributed by atoms with Gasteiger partial charge in [0.25, 0.3) is 5.91 Å². The number of carbonyl (C=O) groups is 2. The molecule has 3 rings (SSSR count). The Labute approximate surface area is 142 Å². The van der Waals surface area contributed by atoms with Gasteiger partial charge in [-0.05, 0) is 19.1 Å². The van der Waals surface area contributed by atoms with Crippen LogP contribution in [0.25, 0.3) is 10.6 Å². The van der Waals surface area contributed by atoms with Crippen molar-refractivity contribution in [2.24, 2.45) is 0 Å². The van der Waals surface area contributed by atoms with Crippen molar-refractivity contribution in [3.63, 3.8) is 0 Å². The molecular weight excluding hydrogens is 324 g/mol. The van der Waals surface area contributed by atoms with Crippen molar-refractivity contribution in [2.75, 3.05) is 0 Å². The van der Waals surface area contributed by atoms with Crippen LogP contribution in [-0.4, -0.2) is 21.8 Å². The van der Waals surface area contributed by atoms with E-state index in [4.69, 9.17) is 0 Å². The van der Waals surface area contributed by atoms with Gasteiger partial charge in [-0.25, -0.2) is 4.98 Å². The van der Waals surface area contributed by atoms with Crippen molar-refractivity contribution in [3.8, 4) is 10.6 Å². The van der Waals surface area contributed by atoms with Crippen molar-refractivity contribution >= 4 is 23.2 Å². The third-order valence-corrected chi connectivity index (χ3v) is 4.29. The van der Waals surface area contributed by atoms with Gasteiger partial charge in [-0.2, -0.15) is 0 Å². The lowest BCUT2D eigenvalue weighted by Crippen LogP contribution is -2.42. The molecule has 3 N–H and O–H groups in total. The molecule has 122 valence electrons. The Morgan fingerprint density at radius 1 is 1.17 bits per heavy atom. The molecule has 1 aromatic carbocycles. The summed E-state index contributed by atoms with van der Waals surface area (Å²) in [5.74, 6) is -0.720. The number of hydrogen-bond donors (Lipinski definition) is 3. The second-order valence-electron chi connectivity index (χ2n) is 5.27. The van der Waals surface area contributed by atoms with Crippen LogP contribution >= 0.6 is 11.3 Å². The molecule has 2 heterocycles. The maximum atomic E-state index is 11.9. The molecule has 24 heavy (non-hydrogen) atoms. The predicted octanol–water partition coefficient (Wildman–Crippen LogP) is 2.45. The predicted molar refractivity (Wildman–Crippen MR) is 92.4 cm³/mol. The number of benzene rings is 1. The molecule has 2 aromatic heterocycles. The number of carbonyl (C=O) groups excluding carboxylic acids is 2. The summed E-state index contributed by atoms with van der Waals surface area (Å²) >= 11 is 1.49. The van der Waals surface area contributed by atoms with Crippen LogP contribution in [0.2, 0.25) is 0 Å². The number of rotatable bonds is 4. The fraction of sp³-hybridized carbons (Fsp3) is 0.118. The van der Waals surface area contributed by atoms with E-state index in [1.54, 1.807) is 18.3 Å². The minimum Gasteiger partial charge on any atom is -0.357 e. The van der Waals surface area contributed by atoms with E-state index in [1.807, 2.05) is 36.6 Å². The lowest BCUT2D eigenvalue weighted by molar-refractivity contribution is -0.121. The van der Waals surface area contributed by atoms with Crippen LogP contribution in [0.5, 0.6) is 0 Å². The number of aromatic amines is 1. The molecule has 0 spiro atoms. The normalized spacial score (nSPS) is 10.4. The van der Waals surface area contributed by atoms with Crippen LogP contribution in [0.3, 0.4) is 0 Å². The molecule has 0 unspecified atom stereocenters. The summed E-state index contributed by atoms with van der Waals surface area (Å²) in [7, 11) is 0. The van der Waals surface area contributed by atoms with E-state index in [-0.39, 0.29) is 12.3 Å². The molecular formula is C17H16N4O2S. The summed E-state index contributed by atoms with van der Waals surface area (Å²) in [5, 5.41) is 2.72. The van der Waals surface area contributed by atoms with E-state index >= 15 is 0 Å². The summed E-state index contributed by atoms with van der Waals surface area (Å²) in [6.45, 7) is 2.03. The van der Waals surface area contributed by atoms with Crippen molar-refractivity contribution in [1.82, 2.24) is 20.8 Å². The Balaban J connectivity index is 1.55. The Morgan fingerprint density at radius 2 is 1.96 bits per heavy atom. The zero-order chi connectivity index (χ0) is 16.9. The van der Waals surface area contributed by atoms with Crippen LogP contribution in [0.4, 0.5) is 0 Å². The van der Waals surface area contributed by atoms with Gasteiger partial charge in [0.2, 0.25) is 5.91 Å². The minimum absolute atomic E-state index is 0.105. The van der Waals surface area contributed by atoms with Crippen molar-refractivity contribution in [3.05, 3.63) is 64.9 Å². The first-order valence-corrected chi connectivity index (χ1v) is 8.24. The van der Waals surface area contributed by atoms with Gasteiger partial charge < -0.3 is 4.98 Å². The van der Waals surface area contributed by atoms with Gasteiger partial charge in [0.15, 0.2) is 0 Å². The SMILES string of the molecule is Cc1ccc(-c2nc(CC(=O)NNC(=O)c3ccc[nH]3)cs2)cc1. The van der Waals surface area contributed by atoms with Gasteiger partial charge in [-0.1, -0.05) is 29.8 Å². The molecule has 0 fully saturated rings. The smallest absolute Gasteiger partial charge is 0.286 e. The standard InChI is InChI=1S/C17H16N4O2S/c1-11-4-6-12(7-5-11)17-19-13(10-24-17)9-15(22)20-21-16(23)14-3-2-8-18-14/h2-8,10,18H,9H2,1H3,(H,20,22)(H,21,23). The molecule has 0 aliphatic rings. The zero-order valence-electron chi connectivity index (χ0n) is 13.0. The lowest BCUT2D eigenvalue weighted by atomic mass is 10.2. The first-order chi connectivity index (χ1) is 11.6. The number of thiazole rings is 1. The highest BCUT2D eigenvalue weighted by atomic mass is 32.1. The third kappa shape index (κ3) is 3.88. The van der Waals surface area contributed by atoms with Crippen LogP contribution in [0.1, 0.15) is 21.7 Å². The van der Waals surface area contributed by atoms with Crippen LogP contribution in [0, 0.1) is 6.92 Å². The Bertz CT molecular complexity index is 838. The highest BCUT2D eigenvalue weighted by molar-refractivity contribution is 7.13. The maximum Gasteiger partial charge on any atom is 0.286 e. The van der Waals surface area contributed by atoms with E-state index in [0.717, 1.165) is 10.6 Å². The molecule has 2 amide bonds. The summed E-state index contributed by atoms with van der Waals surface area (Å²) in [6.07, 6.45) is 1.74. The van der Waals surface area contributed by atoms with E-state index in [9.17, 15) is 9.59 Å². The van der Waals surface area contributed by atoms with Gasteiger partial charge in [-0.15, -0.1) is 11.3 Å². The topological polar surface area (TPSA) is 86.9 Å². The van der Waals surface area contributed by atoms with E-state index < -0.39 is 5.91 Å². The van der Waals surface area contributed by atoms with E-state index in [1.165, 1.54) is 16.9 Å². The molecule has 0 atom stereocenters. The molecule has 0 aliphatic heterocycles. The number of nitrogens with zero attached hydrogens (tertiary/aromatic N) is 1. The lowest BCUT2D eigenvalue weighted by Gasteiger charge is -2.05. The molecule has 0 saturated heterocycles. The first-order valence-electron chi connectivity index (χ1n) is 7.36. The molecule has 0 bridgehead atoms.